The lowest BCUT2D eigenvalue weighted by molar-refractivity contribution is -0.136. The molecule has 1 saturated carbocycles. The van der Waals surface area contributed by atoms with Crippen LogP contribution in [0, 0.1) is 29.4 Å². The van der Waals surface area contributed by atoms with E-state index in [1.165, 1.54) is 30.5 Å². The number of imide groups is 2. The van der Waals surface area contributed by atoms with Gasteiger partial charge < -0.3 is 29.9 Å². The first kappa shape index (κ1) is 46.7. The molecule has 6 fully saturated rings. The molecule has 5 amide bonds. The third-order valence-corrected chi connectivity index (χ3v) is 15.9. The third kappa shape index (κ3) is 8.62. The van der Waals surface area contributed by atoms with E-state index in [9.17, 15) is 29.1 Å². The number of piperazine rings is 3. The fourth-order valence-corrected chi connectivity index (χ4v) is 11.7. The molecule has 5 saturated heterocycles. The minimum Gasteiger partial charge on any atom is -0.508 e. The van der Waals surface area contributed by atoms with Gasteiger partial charge in [-0.1, -0.05) is 12.0 Å². The van der Waals surface area contributed by atoms with Crippen LogP contribution in [0.5, 0.6) is 11.8 Å². The van der Waals surface area contributed by atoms with E-state index in [1.807, 2.05) is 4.90 Å². The van der Waals surface area contributed by atoms with Crippen molar-refractivity contribution in [2.24, 2.45) is 5.41 Å². The first-order chi connectivity index (χ1) is 35.3. The second kappa shape index (κ2) is 18.3. The van der Waals surface area contributed by atoms with Crippen LogP contribution < -0.4 is 25.2 Å². The zero-order chi connectivity index (χ0) is 50.3. The highest BCUT2D eigenvalue weighted by molar-refractivity contribution is 6.23. The predicted molar refractivity (Wildman–Crippen MR) is 264 cm³/mol. The highest BCUT2D eigenvalue weighted by Crippen LogP contribution is 2.47. The van der Waals surface area contributed by atoms with Crippen LogP contribution in [-0.4, -0.2) is 172 Å². The molecule has 3 unspecified atom stereocenters. The number of hydrogen-bond donors (Lipinski definition) is 3. The molecule has 0 radical (unpaired) electrons. The maximum atomic E-state index is 17.1. The summed E-state index contributed by atoms with van der Waals surface area (Å²) in [6.45, 7) is 7.81. The molecule has 3 aromatic carbocycles. The van der Waals surface area contributed by atoms with E-state index in [2.05, 4.69) is 46.1 Å². The Morgan fingerprint density at radius 1 is 0.849 bits per heavy atom. The molecule has 73 heavy (non-hydrogen) atoms. The lowest BCUT2D eigenvalue weighted by Gasteiger charge is -2.39. The van der Waals surface area contributed by atoms with E-state index in [0.717, 1.165) is 42.8 Å². The first-order valence-electron chi connectivity index (χ1n) is 25.1. The molecule has 1 aliphatic carbocycles. The number of nitrogens with zero attached hydrogens (tertiary/aromatic N) is 9. The van der Waals surface area contributed by atoms with Gasteiger partial charge in [-0.25, -0.2) is 8.78 Å². The number of terminal acetylenes is 1. The normalized spacial score (nSPS) is 23.1. The number of hydrogen-bond acceptors (Lipinski definition) is 15. The van der Waals surface area contributed by atoms with Crippen LogP contribution in [0.4, 0.5) is 20.3 Å². The summed E-state index contributed by atoms with van der Waals surface area (Å²) >= 11 is 0. The van der Waals surface area contributed by atoms with Crippen molar-refractivity contribution in [3.8, 4) is 35.4 Å². The highest BCUT2D eigenvalue weighted by atomic mass is 19.1. The summed E-state index contributed by atoms with van der Waals surface area (Å²) in [4.78, 5) is 90.2. The molecule has 3 N–H and O–H groups in total. The van der Waals surface area contributed by atoms with E-state index >= 15 is 8.78 Å². The van der Waals surface area contributed by atoms with E-state index in [1.54, 1.807) is 18.2 Å². The van der Waals surface area contributed by atoms with Crippen LogP contribution in [0.1, 0.15) is 64.8 Å². The lowest BCUT2D eigenvalue weighted by Crippen LogP contribution is -2.54. The maximum absolute atomic E-state index is 17.1. The second-order valence-corrected chi connectivity index (χ2v) is 20.6. The number of halogens is 2. The van der Waals surface area contributed by atoms with Gasteiger partial charge >= 0.3 is 6.01 Å². The van der Waals surface area contributed by atoms with Gasteiger partial charge in [-0.05, 0) is 73.9 Å². The van der Waals surface area contributed by atoms with Gasteiger partial charge in [-0.3, -0.25) is 49.0 Å². The molecule has 12 rings (SSSR count). The van der Waals surface area contributed by atoms with Crippen LogP contribution in [0.25, 0.3) is 32.9 Å². The Kier molecular flexibility index (Phi) is 11.7. The number of fused-ring (bicyclic) bond motifs is 5. The number of pyridine rings is 1. The summed E-state index contributed by atoms with van der Waals surface area (Å²) in [6, 6.07) is 10.1. The summed E-state index contributed by atoms with van der Waals surface area (Å²) in [5.74, 6) is -0.735. The fraction of sp³-hybridized carbons (Fsp3) is 0.434. The SMILES string of the molecule is C#Cc1c(F)ccc2cc(O)cc(-c3ncc4c(N5CC6CCC(C5)N6)nc(OCC5(CN6CCN(C(=O)CN7CCN(c8ccc9c(c8)C(=O)N(C8CCC(=O)NC8=O)C9=O)CC7)CC6)CC5)nc4c3F)c12. The van der Waals surface area contributed by atoms with Crippen molar-refractivity contribution in [1.29, 1.82) is 0 Å². The number of amides is 5. The smallest absolute Gasteiger partial charge is 0.319 e. The summed E-state index contributed by atoms with van der Waals surface area (Å²) in [5, 5.41) is 17.7. The standard InChI is InChI=1S/C53H53F2N11O7/c1-2-35-40(54)8-3-30-21-34(67)23-38(44(30)35)46-45(55)47-39(24-56-46)48(65-25-31-4-5-32(26-65)57-31)60-52(59-47)73-29-53(11-12-53)28-62-15-19-64(20-16-62)43(69)27-61-13-17-63(18-14-61)33-6-7-36-37(22-33)51(72)66(50(36)71)41-9-10-42(68)58-49(41)70/h1,3,6-8,21-24,31-32,41,57,67H,4-5,9-20,25-29H2,(H,58,68,70). The van der Waals surface area contributed by atoms with Gasteiger partial charge in [-0.15, -0.1) is 6.42 Å². The Labute approximate surface area is 418 Å². The molecule has 376 valence electrons. The molecule has 2 aromatic heterocycles. The summed E-state index contributed by atoms with van der Waals surface area (Å²) < 4.78 is 38.6. The number of benzene rings is 3. The quantitative estimate of drug-likeness (QED) is 0.129. The van der Waals surface area contributed by atoms with Crippen LogP contribution in [0.2, 0.25) is 0 Å². The van der Waals surface area contributed by atoms with Gasteiger partial charge in [-0.2, -0.15) is 9.97 Å². The van der Waals surface area contributed by atoms with Crippen LogP contribution >= 0.6 is 0 Å². The van der Waals surface area contributed by atoms with Gasteiger partial charge in [0.15, 0.2) is 5.82 Å². The molecule has 6 aliphatic heterocycles. The van der Waals surface area contributed by atoms with Gasteiger partial charge in [0, 0.05) is 119 Å². The van der Waals surface area contributed by atoms with Crippen LogP contribution in [0.3, 0.4) is 0 Å². The predicted octanol–water partition coefficient (Wildman–Crippen LogP) is 3.28. The second-order valence-electron chi connectivity index (χ2n) is 20.6. The van der Waals surface area contributed by atoms with Crippen molar-refractivity contribution >= 4 is 62.7 Å². The van der Waals surface area contributed by atoms with Crippen molar-refractivity contribution in [2.75, 3.05) is 94.9 Å². The number of ether oxygens (including phenoxy) is 1. The number of rotatable bonds is 11. The molecule has 2 bridgehead atoms. The Morgan fingerprint density at radius 2 is 1.59 bits per heavy atom. The Bertz CT molecular complexity index is 3190. The number of anilines is 2. The molecule has 3 atom stereocenters. The van der Waals surface area contributed by atoms with Crippen molar-refractivity contribution < 1.29 is 42.6 Å². The Hall–Kier alpha value is -7.34. The molecule has 8 heterocycles. The summed E-state index contributed by atoms with van der Waals surface area (Å²) in [6.07, 6.45) is 11.4. The van der Waals surface area contributed by atoms with Gasteiger partial charge in [0.1, 0.15) is 34.6 Å². The Balaban J connectivity index is 0.677. The highest BCUT2D eigenvalue weighted by Gasteiger charge is 2.47. The molecule has 7 aliphatic rings. The summed E-state index contributed by atoms with van der Waals surface area (Å²) in [7, 11) is 0. The average molecular weight is 994 g/mol. The van der Waals surface area contributed by atoms with Gasteiger partial charge in [0.05, 0.1) is 35.2 Å². The molecular formula is C53H53F2N11O7. The minimum atomic E-state index is -1.02. The van der Waals surface area contributed by atoms with E-state index < -0.39 is 41.3 Å². The average Bonchev–Trinajstić information content (AvgIpc) is 4.01. The maximum Gasteiger partial charge on any atom is 0.319 e. The largest absolute Gasteiger partial charge is 0.508 e. The van der Waals surface area contributed by atoms with E-state index in [0.29, 0.717) is 95.2 Å². The number of nitrogens with one attached hydrogen (secondary N) is 2. The number of carbonyl (C=O) groups excluding carboxylic acids is 5. The van der Waals surface area contributed by atoms with Crippen LogP contribution in [-0.2, 0) is 14.4 Å². The van der Waals surface area contributed by atoms with Crippen molar-refractivity contribution in [2.45, 2.75) is 56.7 Å². The molecular weight excluding hydrogens is 941 g/mol. The number of carbonyl (C=O) groups is 5. The van der Waals surface area contributed by atoms with Crippen molar-refractivity contribution in [3.63, 3.8) is 0 Å². The third-order valence-electron chi connectivity index (χ3n) is 15.9. The number of phenols is 1. The number of aromatic hydroxyl groups is 1. The molecule has 5 aromatic rings. The minimum absolute atomic E-state index is 0.00403. The van der Waals surface area contributed by atoms with Crippen molar-refractivity contribution in [3.05, 3.63) is 77.0 Å². The van der Waals surface area contributed by atoms with E-state index in [-0.39, 0.29) is 86.9 Å². The molecule has 20 heteroatoms. The van der Waals surface area contributed by atoms with Crippen molar-refractivity contribution in [1.82, 2.24) is 45.2 Å². The Morgan fingerprint density at radius 3 is 2.32 bits per heavy atom. The first-order valence-corrected chi connectivity index (χ1v) is 25.1. The topological polar surface area (TPSA) is 197 Å². The monoisotopic (exact) mass is 993 g/mol. The van der Waals surface area contributed by atoms with Gasteiger partial charge in [0.25, 0.3) is 11.8 Å². The number of piperidine rings is 1. The number of aromatic nitrogens is 3. The van der Waals surface area contributed by atoms with E-state index in [4.69, 9.17) is 16.1 Å². The summed E-state index contributed by atoms with van der Waals surface area (Å²) in [5.41, 5.74) is 1.02. The van der Waals surface area contributed by atoms with Gasteiger partial charge in [0.2, 0.25) is 17.7 Å². The fourth-order valence-electron chi connectivity index (χ4n) is 11.7. The number of phenolic OH excluding ortho intramolecular Hbond substituents is 1. The van der Waals surface area contributed by atoms with Crippen LogP contribution in [0.15, 0.2) is 48.7 Å². The molecule has 18 nitrogen and oxygen atoms in total. The lowest BCUT2D eigenvalue weighted by atomic mass is 9.96. The molecule has 0 spiro atoms. The zero-order valence-electron chi connectivity index (χ0n) is 40.0. The zero-order valence-corrected chi connectivity index (χ0v) is 40.0.